The van der Waals surface area contributed by atoms with Crippen molar-refractivity contribution in [2.75, 3.05) is 28.4 Å². The molecule has 2 atom stereocenters. The first kappa shape index (κ1) is 85.4. The number of carboxylic acids is 4. The van der Waals surface area contributed by atoms with Crippen LogP contribution in [0.4, 0.5) is 20.0 Å². The van der Waals surface area contributed by atoms with Crippen LogP contribution in [0.25, 0.3) is 44.5 Å². The van der Waals surface area contributed by atoms with Crippen LogP contribution in [-0.2, 0) is 38.4 Å². The van der Waals surface area contributed by atoms with Gasteiger partial charge in [-0.3, -0.25) is 19.2 Å². The predicted octanol–water partition coefficient (Wildman–Crippen LogP) is 24.0. The minimum atomic E-state index is -1.15. The Kier molecular flexibility index (Phi) is 31.2. The number of ether oxygens (including phenoxy) is 1. The van der Waals surface area contributed by atoms with Crippen LogP contribution in [0.15, 0.2) is 210 Å². The summed E-state index contributed by atoms with van der Waals surface area (Å²) in [5, 5.41) is 59.8. The molecular formula is C82H64Cl8N4O13S4. The third-order valence-electron chi connectivity index (χ3n) is 16.5. The lowest BCUT2D eigenvalue weighted by atomic mass is 9.94. The van der Waals surface area contributed by atoms with Gasteiger partial charge < -0.3 is 46.4 Å². The van der Waals surface area contributed by atoms with Gasteiger partial charge in [0.1, 0.15) is 48.0 Å². The van der Waals surface area contributed by atoms with E-state index in [0.29, 0.717) is 103 Å². The number of thiophene rings is 4. The quantitative estimate of drug-likeness (QED) is 0.0262. The average Bonchev–Trinajstić information content (AvgIpc) is 1.70. The molecular weight excluding hydrogens is 1660 g/mol. The number of amides is 4. The zero-order valence-electron chi connectivity index (χ0n) is 58.5. The highest BCUT2D eigenvalue weighted by Crippen LogP contribution is 2.43. The molecule has 0 saturated carbocycles. The van der Waals surface area contributed by atoms with E-state index in [1.54, 1.807) is 139 Å². The number of aromatic carboxylic acids is 4. The molecule has 4 amide bonds. The first-order valence-electron chi connectivity index (χ1n) is 33.2. The van der Waals surface area contributed by atoms with Crippen LogP contribution >= 0.6 is 138 Å². The summed E-state index contributed by atoms with van der Waals surface area (Å²) in [5.74, 6) is -5.60. The average molecular weight is 1730 g/mol. The summed E-state index contributed by atoms with van der Waals surface area (Å²) >= 11 is 52.8. The number of carbonyl (C=O) groups excluding carboxylic acids is 4. The number of benzene rings is 8. The van der Waals surface area contributed by atoms with E-state index in [1.165, 1.54) is 22.7 Å². The number of hydrogen-bond donors (Lipinski definition) is 8. The largest absolute Gasteiger partial charge is 0.497 e. The SMILES string of the molecule is COc1cccc(CC(=O)Nc2scc(-c3ccc(Cl)c(Cl)c3)c2C(=O)O)c1.Cc1ccc(C(C(=O)Nc2scc(-c3ccc(Cl)c(Cl)c3)c2C(=O)O)C(C)Cl)cc1.O=C(CCc1ccccc1)Nc1scc(-c2ccc(Cl)c(Cl)c2)c1C(=O)O.O=C(CCc1ccccc1)Nc1scc(-c2ccc(Cl)cc2)c1C(=O)O. The van der Waals surface area contributed by atoms with Crippen molar-refractivity contribution >= 4 is 206 Å². The third kappa shape index (κ3) is 23.5. The van der Waals surface area contributed by atoms with Crippen LogP contribution in [0.1, 0.15) is 94.9 Å². The predicted molar refractivity (Wildman–Crippen MR) is 452 cm³/mol. The number of halogens is 8. The van der Waals surface area contributed by atoms with Gasteiger partial charge in [0.15, 0.2) is 0 Å². The number of rotatable bonds is 24. The van der Waals surface area contributed by atoms with Gasteiger partial charge >= 0.3 is 23.9 Å². The first-order chi connectivity index (χ1) is 53.1. The molecule has 0 aliphatic rings. The van der Waals surface area contributed by atoms with Crippen molar-refractivity contribution < 1.29 is 63.5 Å². The fraction of sp³-hybridized carbons (Fsp3) is 0.122. The molecule has 111 heavy (non-hydrogen) atoms. The second-order valence-corrected chi connectivity index (χ2v) is 31.3. The van der Waals surface area contributed by atoms with Crippen LogP contribution in [0.5, 0.6) is 5.75 Å². The highest BCUT2D eigenvalue weighted by molar-refractivity contribution is 7.16. The maximum absolute atomic E-state index is 13.0. The number of nitrogens with one attached hydrogen (secondary N) is 4. The summed E-state index contributed by atoms with van der Waals surface area (Å²) in [4.78, 5) is 97.3. The fourth-order valence-corrected chi connectivity index (χ4v) is 16.2. The van der Waals surface area contributed by atoms with Crippen molar-refractivity contribution in [2.24, 2.45) is 0 Å². The molecule has 0 radical (unpaired) electrons. The van der Waals surface area contributed by atoms with Crippen molar-refractivity contribution in [3.8, 4) is 50.3 Å². The van der Waals surface area contributed by atoms with E-state index in [9.17, 15) is 58.8 Å². The maximum Gasteiger partial charge on any atom is 0.339 e. The zero-order valence-corrected chi connectivity index (χ0v) is 67.8. The minimum absolute atomic E-state index is 0.00313. The monoisotopic (exact) mass is 1720 g/mol. The first-order valence-corrected chi connectivity index (χ1v) is 39.8. The van der Waals surface area contributed by atoms with E-state index >= 15 is 0 Å². The zero-order chi connectivity index (χ0) is 80.2. The highest BCUT2D eigenvalue weighted by atomic mass is 35.5. The number of anilines is 4. The molecule has 0 aliphatic carbocycles. The van der Waals surface area contributed by atoms with Crippen molar-refractivity contribution in [1.82, 2.24) is 0 Å². The van der Waals surface area contributed by atoms with Gasteiger partial charge in [-0.25, -0.2) is 19.2 Å². The number of hydrogen-bond acceptors (Lipinski definition) is 13. The number of carboxylic acid groups (broad SMARTS) is 4. The fourth-order valence-electron chi connectivity index (χ4n) is 11.0. The molecule has 4 aromatic heterocycles. The summed E-state index contributed by atoms with van der Waals surface area (Å²) in [5.41, 5.74) is 9.42. The molecule has 4 heterocycles. The number of aryl methyl sites for hydroxylation is 3. The topological polar surface area (TPSA) is 275 Å². The molecule has 0 fully saturated rings. The summed E-state index contributed by atoms with van der Waals surface area (Å²) < 4.78 is 5.15. The second-order valence-electron chi connectivity index (χ2n) is 24.2. The molecule has 29 heteroatoms. The van der Waals surface area contributed by atoms with Gasteiger partial charge in [0, 0.05) is 67.0 Å². The smallest absolute Gasteiger partial charge is 0.339 e. The summed E-state index contributed by atoms with van der Waals surface area (Å²) in [6, 6.07) is 55.6. The molecule has 12 rings (SSSR count). The highest BCUT2D eigenvalue weighted by Gasteiger charge is 2.30. The lowest BCUT2D eigenvalue weighted by Gasteiger charge is -2.19. The van der Waals surface area contributed by atoms with E-state index in [2.05, 4.69) is 21.3 Å². The van der Waals surface area contributed by atoms with E-state index in [4.69, 9.17) is 97.5 Å². The van der Waals surface area contributed by atoms with Crippen molar-refractivity contribution in [3.05, 3.63) is 295 Å². The van der Waals surface area contributed by atoms with Gasteiger partial charge in [0.25, 0.3) is 0 Å². The summed E-state index contributed by atoms with van der Waals surface area (Å²) in [6.45, 7) is 3.69. The number of alkyl halides is 1. The molecule has 0 bridgehead atoms. The molecule has 8 aromatic carbocycles. The Morgan fingerprint density at radius 1 is 0.396 bits per heavy atom. The number of methoxy groups -OCH3 is 1. The molecule has 8 N–H and O–H groups in total. The van der Waals surface area contributed by atoms with Gasteiger partial charge in [0.2, 0.25) is 23.6 Å². The van der Waals surface area contributed by atoms with Crippen molar-refractivity contribution in [3.63, 3.8) is 0 Å². The normalized spacial score (nSPS) is 11.2. The Hall–Kier alpha value is -9.56. The second kappa shape index (κ2) is 40.6. The van der Waals surface area contributed by atoms with Crippen molar-refractivity contribution in [1.29, 1.82) is 0 Å². The maximum atomic E-state index is 13.0. The van der Waals surface area contributed by atoms with Crippen LogP contribution in [-0.4, -0.2) is 80.4 Å². The minimum Gasteiger partial charge on any atom is -0.497 e. The molecule has 0 saturated heterocycles. The van der Waals surface area contributed by atoms with Crippen LogP contribution < -0.4 is 26.0 Å². The van der Waals surface area contributed by atoms with Crippen LogP contribution in [0.3, 0.4) is 0 Å². The van der Waals surface area contributed by atoms with Gasteiger partial charge in [-0.15, -0.1) is 56.9 Å². The van der Waals surface area contributed by atoms with E-state index < -0.39 is 35.2 Å². The molecule has 17 nitrogen and oxygen atoms in total. The molecule has 0 spiro atoms. The van der Waals surface area contributed by atoms with E-state index in [0.717, 1.165) is 56.1 Å². The Morgan fingerprint density at radius 3 is 1.11 bits per heavy atom. The Morgan fingerprint density at radius 2 is 0.748 bits per heavy atom. The standard InChI is InChI=1S/C22H18Cl3NO3S.C20H15Cl2NO4S.C20H15Cl2NO3S.C20H16ClNO3S/c1-11-3-5-13(6-4-11)18(12(2)23)20(27)26-21-19(22(28)29)15(10-30-21)14-7-8-16(24)17(25)9-14;1-27-13-4-2-3-11(7-13)8-17(24)23-19-18(20(25)26)14(10-28-19)12-5-6-15(21)16(22)9-12;21-15-8-7-13(10-16(15)22)14-11-27-19(18(14)20(25)26)23-17(24)9-6-12-4-2-1-3-5-12;21-15-9-7-14(8-10-15)16-12-26-19(18(16)20(24)25)22-17(23)11-6-13-4-2-1-3-5-13/h3-10,12,18H,1-2H3,(H,26,27)(H,28,29);2-7,9-10H,8H2,1H3,(H,23,24)(H,25,26);1-5,7-8,10-11H,6,9H2,(H,23,24)(H,25,26);1-5,7-10,12H,6,11H2,(H,22,23)(H,24,25). The molecule has 570 valence electrons. The molecule has 2 unspecified atom stereocenters. The Balaban J connectivity index is 0.000000170. The Bertz CT molecular complexity index is 5370. The van der Waals surface area contributed by atoms with Gasteiger partial charge in [-0.05, 0) is 132 Å². The molecule has 0 aliphatic heterocycles. The lowest BCUT2D eigenvalue weighted by Crippen LogP contribution is -2.27. The molecule has 12 aromatic rings. The van der Waals surface area contributed by atoms with E-state index in [-0.39, 0.29) is 75.1 Å². The summed E-state index contributed by atoms with van der Waals surface area (Å²) in [6.07, 6.45) is 1.83. The number of carbonyl (C=O) groups is 8. The third-order valence-corrected chi connectivity index (χ3v) is 22.8. The van der Waals surface area contributed by atoms with Crippen LogP contribution in [0, 0.1) is 6.92 Å². The van der Waals surface area contributed by atoms with Gasteiger partial charge in [-0.1, -0.05) is 214 Å². The van der Waals surface area contributed by atoms with Gasteiger partial charge in [-0.2, -0.15) is 0 Å². The van der Waals surface area contributed by atoms with Crippen LogP contribution in [0.2, 0.25) is 35.2 Å². The summed E-state index contributed by atoms with van der Waals surface area (Å²) in [7, 11) is 1.55. The Labute approximate surface area is 693 Å². The van der Waals surface area contributed by atoms with Gasteiger partial charge in [0.05, 0.1) is 49.6 Å². The lowest BCUT2D eigenvalue weighted by molar-refractivity contribution is -0.118. The van der Waals surface area contributed by atoms with E-state index in [1.807, 2.05) is 91.9 Å². The van der Waals surface area contributed by atoms with Crippen molar-refractivity contribution in [2.45, 2.75) is 57.2 Å².